The second-order valence-electron chi connectivity index (χ2n) is 8.72. The van der Waals surface area contributed by atoms with Crippen LogP contribution in [-0.2, 0) is 34.0 Å². The lowest BCUT2D eigenvalue weighted by molar-refractivity contribution is -0.158. The summed E-state index contributed by atoms with van der Waals surface area (Å²) in [6.07, 6.45) is -1.20. The number of rotatable bonds is 13. The fourth-order valence-electron chi connectivity index (χ4n) is 3.39. The van der Waals surface area contributed by atoms with Crippen molar-refractivity contribution in [3.63, 3.8) is 0 Å². The Morgan fingerprint density at radius 2 is 1.11 bits per heavy atom. The molecule has 0 radical (unpaired) electrons. The zero-order valence-electron chi connectivity index (χ0n) is 21.2. The standard InChI is InChI=1S/C27H33ClO8/c1-18(29)32-16-26(36-20(3)31)17-34-24-12-8-22(9-13-24)27(4,5)21-6-10-23(11-7-21)33-15-25(14-28)35-19(2)30/h6-13,25-26H,14-17H2,1-5H3. The number of carbonyl (C=O) groups excluding carboxylic acids is 3. The summed E-state index contributed by atoms with van der Waals surface area (Å²) < 4.78 is 26.6. The molecule has 0 saturated carbocycles. The van der Waals surface area contributed by atoms with E-state index >= 15 is 0 Å². The molecule has 0 spiro atoms. The summed E-state index contributed by atoms with van der Waals surface area (Å²) in [7, 11) is 0. The van der Waals surface area contributed by atoms with Crippen molar-refractivity contribution in [2.24, 2.45) is 0 Å². The molecule has 0 fully saturated rings. The third kappa shape index (κ3) is 9.41. The van der Waals surface area contributed by atoms with Crippen LogP contribution < -0.4 is 9.47 Å². The molecular weight excluding hydrogens is 488 g/mol. The van der Waals surface area contributed by atoms with Gasteiger partial charge in [-0.05, 0) is 35.4 Å². The summed E-state index contributed by atoms with van der Waals surface area (Å²) in [5.41, 5.74) is 1.84. The Labute approximate surface area is 216 Å². The van der Waals surface area contributed by atoms with Gasteiger partial charge in [-0.15, -0.1) is 11.6 Å². The van der Waals surface area contributed by atoms with Crippen LogP contribution >= 0.6 is 11.6 Å². The highest BCUT2D eigenvalue weighted by atomic mass is 35.5. The highest BCUT2D eigenvalue weighted by Crippen LogP contribution is 2.33. The monoisotopic (exact) mass is 520 g/mol. The van der Waals surface area contributed by atoms with Crippen LogP contribution in [0.15, 0.2) is 48.5 Å². The minimum Gasteiger partial charge on any atom is -0.490 e. The molecule has 0 bridgehead atoms. The van der Waals surface area contributed by atoms with E-state index in [4.69, 9.17) is 35.3 Å². The van der Waals surface area contributed by atoms with Crippen molar-refractivity contribution in [2.45, 2.75) is 52.2 Å². The fraction of sp³-hybridized carbons (Fsp3) is 0.444. The normalized spacial score (nSPS) is 12.7. The van der Waals surface area contributed by atoms with Crippen LogP contribution in [-0.4, -0.2) is 55.8 Å². The largest absolute Gasteiger partial charge is 0.490 e. The van der Waals surface area contributed by atoms with Gasteiger partial charge in [0.15, 0.2) is 6.10 Å². The summed E-state index contributed by atoms with van der Waals surface area (Å²) in [4.78, 5) is 33.5. The molecule has 0 aliphatic rings. The molecular formula is C27H33ClO8. The number of alkyl halides is 1. The summed E-state index contributed by atoms with van der Waals surface area (Å²) in [5, 5.41) is 0. The van der Waals surface area contributed by atoms with Crippen molar-refractivity contribution in [1.82, 2.24) is 0 Å². The molecule has 0 amide bonds. The highest BCUT2D eigenvalue weighted by Gasteiger charge is 2.23. The number of benzene rings is 2. The Kier molecular flexibility index (Phi) is 11.0. The molecule has 0 aromatic heterocycles. The number of hydrogen-bond acceptors (Lipinski definition) is 8. The van der Waals surface area contributed by atoms with Crippen molar-refractivity contribution in [3.8, 4) is 11.5 Å². The lowest BCUT2D eigenvalue weighted by Crippen LogP contribution is -2.29. The average Bonchev–Trinajstić information content (AvgIpc) is 2.83. The summed E-state index contributed by atoms with van der Waals surface area (Å²) in [5.74, 6) is 0.0638. The van der Waals surface area contributed by atoms with Crippen LogP contribution in [0.4, 0.5) is 0 Å². The van der Waals surface area contributed by atoms with E-state index in [9.17, 15) is 14.4 Å². The van der Waals surface area contributed by atoms with Gasteiger partial charge in [0.05, 0.1) is 5.88 Å². The molecule has 0 aliphatic carbocycles. The number of ether oxygens (including phenoxy) is 5. The van der Waals surface area contributed by atoms with E-state index < -0.39 is 30.1 Å². The molecule has 0 N–H and O–H groups in total. The minimum absolute atomic E-state index is 0.0547. The van der Waals surface area contributed by atoms with Crippen molar-refractivity contribution in [2.75, 3.05) is 25.7 Å². The quantitative estimate of drug-likeness (QED) is 0.217. The Bertz CT molecular complexity index is 1000. The molecule has 0 aliphatic heterocycles. The molecule has 0 heterocycles. The molecule has 2 aromatic rings. The van der Waals surface area contributed by atoms with Crippen molar-refractivity contribution in [1.29, 1.82) is 0 Å². The van der Waals surface area contributed by atoms with Crippen LogP contribution in [0, 0.1) is 0 Å². The number of halogens is 1. The molecule has 2 unspecified atom stereocenters. The maximum atomic E-state index is 11.3. The molecule has 2 atom stereocenters. The van der Waals surface area contributed by atoms with E-state index in [1.165, 1.54) is 20.8 Å². The van der Waals surface area contributed by atoms with Gasteiger partial charge in [-0.1, -0.05) is 38.1 Å². The van der Waals surface area contributed by atoms with Crippen molar-refractivity contribution < 1.29 is 38.1 Å². The van der Waals surface area contributed by atoms with E-state index in [2.05, 4.69) is 13.8 Å². The first-order valence-electron chi connectivity index (χ1n) is 11.5. The van der Waals surface area contributed by atoms with Crippen molar-refractivity contribution in [3.05, 3.63) is 59.7 Å². The Morgan fingerprint density at radius 3 is 1.50 bits per heavy atom. The predicted octanol–water partition coefficient (Wildman–Crippen LogP) is 4.44. The zero-order valence-corrected chi connectivity index (χ0v) is 22.0. The van der Waals surface area contributed by atoms with Crippen molar-refractivity contribution >= 4 is 29.5 Å². The van der Waals surface area contributed by atoms with E-state index in [1.807, 2.05) is 48.5 Å². The molecule has 2 rings (SSSR count). The zero-order chi connectivity index (χ0) is 26.7. The SMILES string of the molecule is CC(=O)OCC(COc1ccc(C(C)(C)c2ccc(OCC(CCl)OC(C)=O)cc2)cc1)OC(C)=O. The molecule has 0 saturated heterocycles. The lowest BCUT2D eigenvalue weighted by Gasteiger charge is -2.27. The number of carbonyl (C=O) groups is 3. The summed E-state index contributed by atoms with van der Waals surface area (Å²) >= 11 is 5.82. The molecule has 36 heavy (non-hydrogen) atoms. The van der Waals surface area contributed by atoms with Crippen LogP contribution in [0.25, 0.3) is 0 Å². The first-order valence-corrected chi connectivity index (χ1v) is 12.0. The average molecular weight is 521 g/mol. The third-order valence-electron chi connectivity index (χ3n) is 5.33. The van der Waals surface area contributed by atoms with E-state index in [-0.39, 0.29) is 31.1 Å². The number of esters is 3. The summed E-state index contributed by atoms with van der Waals surface area (Å²) in [6, 6.07) is 15.3. The Morgan fingerprint density at radius 1 is 0.694 bits per heavy atom. The second-order valence-corrected chi connectivity index (χ2v) is 9.02. The maximum Gasteiger partial charge on any atom is 0.303 e. The van der Waals surface area contributed by atoms with Crippen LogP contribution in [0.1, 0.15) is 45.7 Å². The van der Waals surface area contributed by atoms with Gasteiger partial charge in [0.1, 0.15) is 37.4 Å². The second kappa shape index (κ2) is 13.7. The molecule has 8 nitrogen and oxygen atoms in total. The van der Waals surface area contributed by atoms with E-state index in [0.717, 1.165) is 11.1 Å². The first-order chi connectivity index (χ1) is 17.0. The van der Waals surface area contributed by atoms with Crippen LogP contribution in [0.2, 0.25) is 0 Å². The van der Waals surface area contributed by atoms with Crippen LogP contribution in [0.3, 0.4) is 0 Å². The van der Waals surface area contributed by atoms with Gasteiger partial charge >= 0.3 is 17.9 Å². The Balaban J connectivity index is 1.99. The van der Waals surface area contributed by atoms with Crippen LogP contribution in [0.5, 0.6) is 11.5 Å². The maximum absolute atomic E-state index is 11.3. The first kappa shape index (κ1) is 29.0. The Hall–Kier alpha value is -3.26. The number of hydrogen-bond donors (Lipinski definition) is 0. The van der Waals surface area contributed by atoms with E-state index in [1.54, 1.807) is 0 Å². The molecule has 196 valence electrons. The topological polar surface area (TPSA) is 97.4 Å². The van der Waals surface area contributed by atoms with Gasteiger partial charge in [-0.2, -0.15) is 0 Å². The van der Waals surface area contributed by atoms with E-state index in [0.29, 0.717) is 11.5 Å². The van der Waals surface area contributed by atoms with Gasteiger partial charge in [0.25, 0.3) is 0 Å². The third-order valence-corrected chi connectivity index (χ3v) is 5.68. The van der Waals surface area contributed by atoms with Gasteiger partial charge in [-0.25, -0.2) is 0 Å². The predicted molar refractivity (Wildman–Crippen MR) is 134 cm³/mol. The minimum atomic E-state index is -0.697. The molecule has 9 heteroatoms. The molecule has 2 aromatic carbocycles. The smallest absolute Gasteiger partial charge is 0.303 e. The lowest BCUT2D eigenvalue weighted by atomic mass is 9.78. The highest BCUT2D eigenvalue weighted by molar-refractivity contribution is 6.18. The van der Waals surface area contributed by atoms with Gasteiger partial charge in [-0.3, -0.25) is 14.4 Å². The van der Waals surface area contributed by atoms with Gasteiger partial charge in [0, 0.05) is 26.2 Å². The fourth-order valence-corrected chi connectivity index (χ4v) is 3.54. The van der Waals surface area contributed by atoms with Gasteiger partial charge in [0.2, 0.25) is 0 Å². The van der Waals surface area contributed by atoms with Gasteiger partial charge < -0.3 is 23.7 Å². The summed E-state index contributed by atoms with van der Waals surface area (Å²) in [6.45, 7) is 8.28.